The van der Waals surface area contributed by atoms with E-state index in [1.165, 1.54) is 12.1 Å². The van der Waals surface area contributed by atoms with Crippen LogP contribution in [0, 0.1) is 5.82 Å². The predicted molar refractivity (Wildman–Crippen MR) is 84.1 cm³/mol. The Hall–Kier alpha value is -2.17. The highest BCUT2D eigenvalue weighted by Gasteiger charge is 2.11. The van der Waals surface area contributed by atoms with Crippen molar-refractivity contribution in [2.45, 2.75) is 32.7 Å². The maximum atomic E-state index is 13.3. The van der Waals surface area contributed by atoms with Crippen LogP contribution in [0.1, 0.15) is 44.1 Å². The van der Waals surface area contributed by atoms with Gasteiger partial charge in [-0.05, 0) is 24.6 Å². The molecule has 1 aromatic carbocycles. The first-order chi connectivity index (χ1) is 9.99. The number of rotatable bonds is 5. The second kappa shape index (κ2) is 6.52. The fraction of sp³-hybridized carbons (Fsp3) is 0.375. The number of aromatic nitrogens is 2. The van der Waals surface area contributed by atoms with Crippen molar-refractivity contribution in [2.24, 2.45) is 0 Å². The van der Waals surface area contributed by atoms with Crippen LogP contribution in [0.3, 0.4) is 0 Å². The van der Waals surface area contributed by atoms with Gasteiger partial charge in [0, 0.05) is 19.0 Å². The minimum absolute atomic E-state index is 0.0414. The zero-order valence-electron chi connectivity index (χ0n) is 12.8. The molecule has 0 spiro atoms. The van der Waals surface area contributed by atoms with Crippen molar-refractivity contribution in [3.8, 4) is 0 Å². The molecule has 1 aromatic heterocycles. The summed E-state index contributed by atoms with van der Waals surface area (Å²) in [5, 5.41) is 6.33. The number of benzene rings is 1. The van der Waals surface area contributed by atoms with Gasteiger partial charge in [-0.25, -0.2) is 14.4 Å². The van der Waals surface area contributed by atoms with E-state index >= 15 is 0 Å². The SMILES string of the molecule is CNc1cc(NC(C)c2cccc(F)c2)nc(C(C)C)n1. The van der Waals surface area contributed by atoms with Gasteiger partial charge in [0.15, 0.2) is 0 Å². The summed E-state index contributed by atoms with van der Waals surface area (Å²) < 4.78 is 13.3. The second-order valence-electron chi connectivity index (χ2n) is 5.32. The van der Waals surface area contributed by atoms with Crippen LogP contribution >= 0.6 is 0 Å². The lowest BCUT2D eigenvalue weighted by Gasteiger charge is -2.17. The van der Waals surface area contributed by atoms with E-state index in [1.54, 1.807) is 6.07 Å². The molecular weight excluding hydrogens is 267 g/mol. The number of hydrogen-bond acceptors (Lipinski definition) is 4. The molecule has 2 rings (SSSR count). The molecule has 112 valence electrons. The van der Waals surface area contributed by atoms with Crippen LogP contribution < -0.4 is 10.6 Å². The smallest absolute Gasteiger partial charge is 0.135 e. The monoisotopic (exact) mass is 288 g/mol. The Morgan fingerprint density at radius 3 is 2.38 bits per heavy atom. The van der Waals surface area contributed by atoms with Gasteiger partial charge in [-0.3, -0.25) is 0 Å². The Kier molecular flexibility index (Phi) is 4.73. The normalized spacial score (nSPS) is 12.3. The van der Waals surface area contributed by atoms with Gasteiger partial charge in [0.05, 0.1) is 6.04 Å². The molecular formula is C16H21FN4. The summed E-state index contributed by atoms with van der Waals surface area (Å²) in [7, 11) is 1.83. The van der Waals surface area contributed by atoms with Crippen molar-refractivity contribution in [2.75, 3.05) is 17.7 Å². The van der Waals surface area contributed by atoms with Crippen LogP contribution in [-0.2, 0) is 0 Å². The maximum absolute atomic E-state index is 13.3. The molecule has 0 aliphatic rings. The van der Waals surface area contributed by atoms with Crippen LogP contribution in [0.5, 0.6) is 0 Å². The standard InChI is InChI=1S/C16H21FN4/c1-10(2)16-20-14(18-4)9-15(21-16)19-11(3)12-6-5-7-13(17)8-12/h5-11H,1-4H3,(H2,18,19,20,21). The molecule has 0 radical (unpaired) electrons. The maximum Gasteiger partial charge on any atom is 0.135 e. The van der Waals surface area contributed by atoms with Crippen molar-refractivity contribution in [1.29, 1.82) is 0 Å². The third-order valence-electron chi connectivity index (χ3n) is 3.23. The molecule has 0 saturated heterocycles. The molecule has 1 atom stereocenters. The van der Waals surface area contributed by atoms with Crippen molar-refractivity contribution >= 4 is 11.6 Å². The lowest BCUT2D eigenvalue weighted by molar-refractivity contribution is 0.623. The van der Waals surface area contributed by atoms with E-state index in [9.17, 15) is 4.39 Å². The van der Waals surface area contributed by atoms with Gasteiger partial charge in [-0.1, -0.05) is 26.0 Å². The average molecular weight is 288 g/mol. The highest BCUT2D eigenvalue weighted by atomic mass is 19.1. The lowest BCUT2D eigenvalue weighted by Crippen LogP contribution is -2.11. The van der Waals surface area contributed by atoms with E-state index in [0.29, 0.717) is 0 Å². The van der Waals surface area contributed by atoms with Crippen LogP contribution in [0.4, 0.5) is 16.0 Å². The third kappa shape index (κ3) is 3.90. The van der Waals surface area contributed by atoms with Crippen molar-refractivity contribution in [3.63, 3.8) is 0 Å². The predicted octanol–water partition coefficient (Wildman–Crippen LogP) is 3.95. The Bertz CT molecular complexity index is 613. The van der Waals surface area contributed by atoms with Crippen LogP contribution in [-0.4, -0.2) is 17.0 Å². The molecule has 1 unspecified atom stereocenters. The van der Waals surface area contributed by atoms with Gasteiger partial charge in [-0.15, -0.1) is 0 Å². The van der Waals surface area contributed by atoms with Gasteiger partial charge in [-0.2, -0.15) is 0 Å². The van der Waals surface area contributed by atoms with Crippen molar-refractivity contribution < 1.29 is 4.39 Å². The van der Waals surface area contributed by atoms with E-state index < -0.39 is 0 Å². The van der Waals surface area contributed by atoms with Gasteiger partial charge in [0.1, 0.15) is 23.3 Å². The Balaban J connectivity index is 2.24. The first-order valence-corrected chi connectivity index (χ1v) is 7.08. The summed E-state index contributed by atoms with van der Waals surface area (Å²) in [6.45, 7) is 6.08. The van der Waals surface area contributed by atoms with E-state index in [1.807, 2.05) is 26.1 Å². The fourth-order valence-electron chi connectivity index (χ4n) is 2.01. The van der Waals surface area contributed by atoms with E-state index in [0.717, 1.165) is 23.0 Å². The molecule has 2 N–H and O–H groups in total. The van der Waals surface area contributed by atoms with E-state index in [4.69, 9.17) is 0 Å². The Morgan fingerprint density at radius 2 is 1.76 bits per heavy atom. The van der Waals surface area contributed by atoms with E-state index in [-0.39, 0.29) is 17.8 Å². The van der Waals surface area contributed by atoms with Crippen molar-refractivity contribution in [3.05, 3.63) is 47.5 Å². The Labute approximate surface area is 124 Å². The largest absolute Gasteiger partial charge is 0.373 e. The van der Waals surface area contributed by atoms with Gasteiger partial charge in [0.25, 0.3) is 0 Å². The van der Waals surface area contributed by atoms with E-state index in [2.05, 4.69) is 34.4 Å². The topological polar surface area (TPSA) is 49.8 Å². The molecule has 0 aliphatic heterocycles. The molecule has 0 amide bonds. The number of anilines is 2. The second-order valence-corrected chi connectivity index (χ2v) is 5.32. The average Bonchev–Trinajstić information content (AvgIpc) is 2.46. The molecule has 21 heavy (non-hydrogen) atoms. The highest BCUT2D eigenvalue weighted by molar-refractivity contribution is 5.48. The number of hydrogen-bond donors (Lipinski definition) is 2. The first kappa shape index (κ1) is 15.2. The summed E-state index contributed by atoms with van der Waals surface area (Å²) in [6.07, 6.45) is 0. The zero-order chi connectivity index (χ0) is 15.4. The summed E-state index contributed by atoms with van der Waals surface area (Å²) >= 11 is 0. The first-order valence-electron chi connectivity index (χ1n) is 7.08. The van der Waals surface area contributed by atoms with Gasteiger partial charge in [0.2, 0.25) is 0 Å². The summed E-state index contributed by atoms with van der Waals surface area (Å²) in [5.41, 5.74) is 0.880. The molecule has 5 heteroatoms. The fourth-order valence-corrected chi connectivity index (χ4v) is 2.01. The van der Waals surface area contributed by atoms with Crippen LogP contribution in [0.2, 0.25) is 0 Å². The minimum atomic E-state index is -0.234. The summed E-state index contributed by atoms with van der Waals surface area (Å²) in [6, 6.07) is 8.38. The number of nitrogens with zero attached hydrogens (tertiary/aromatic N) is 2. The molecule has 4 nitrogen and oxygen atoms in total. The quantitative estimate of drug-likeness (QED) is 0.874. The molecule has 1 heterocycles. The molecule has 0 bridgehead atoms. The minimum Gasteiger partial charge on any atom is -0.373 e. The van der Waals surface area contributed by atoms with Crippen LogP contribution in [0.25, 0.3) is 0 Å². The van der Waals surface area contributed by atoms with Crippen LogP contribution in [0.15, 0.2) is 30.3 Å². The number of halogens is 1. The zero-order valence-corrected chi connectivity index (χ0v) is 12.8. The highest BCUT2D eigenvalue weighted by Crippen LogP contribution is 2.22. The molecule has 0 aliphatic carbocycles. The summed E-state index contributed by atoms with van der Waals surface area (Å²) in [4.78, 5) is 8.94. The Morgan fingerprint density at radius 1 is 1.05 bits per heavy atom. The molecule has 0 fully saturated rings. The van der Waals surface area contributed by atoms with Gasteiger partial charge >= 0.3 is 0 Å². The molecule has 2 aromatic rings. The third-order valence-corrected chi connectivity index (χ3v) is 3.23. The summed E-state index contributed by atoms with van der Waals surface area (Å²) in [5.74, 6) is 2.28. The van der Waals surface area contributed by atoms with Gasteiger partial charge < -0.3 is 10.6 Å². The van der Waals surface area contributed by atoms with Crippen molar-refractivity contribution in [1.82, 2.24) is 9.97 Å². The lowest BCUT2D eigenvalue weighted by atomic mass is 10.1. The number of nitrogens with one attached hydrogen (secondary N) is 2. The molecule has 0 saturated carbocycles.